The van der Waals surface area contributed by atoms with Crippen LogP contribution >= 0.6 is 0 Å². The molecule has 0 spiro atoms. The van der Waals surface area contributed by atoms with Crippen molar-refractivity contribution in [2.75, 3.05) is 6.61 Å². The molecule has 2 amide bonds. The lowest BCUT2D eigenvalue weighted by Crippen LogP contribution is -2.42. The Morgan fingerprint density at radius 2 is 1.71 bits per heavy atom. The molecule has 1 aliphatic rings. The Labute approximate surface area is 243 Å². The Hall–Kier alpha value is -5.29. The maximum atomic E-state index is 15.1. The summed E-state index contributed by atoms with van der Waals surface area (Å²) in [6, 6.07) is 25.1. The summed E-state index contributed by atoms with van der Waals surface area (Å²) in [6.45, 7) is 4.06. The van der Waals surface area contributed by atoms with Gasteiger partial charge >= 0.3 is 0 Å². The first-order chi connectivity index (χ1) is 20.4. The summed E-state index contributed by atoms with van der Waals surface area (Å²) in [5.41, 5.74) is 3.32. The highest BCUT2D eigenvalue weighted by Gasteiger charge is 2.35. The van der Waals surface area contributed by atoms with Gasteiger partial charge in [-0.1, -0.05) is 61.9 Å². The SMILES string of the molecule is CCCCOc1ccc(-c2nn(-c3ccccc3)cc2/C=C2/C(=O)N(Cc3ccccc3)C(=O)C(C#N)=C2C)cc1F. The highest BCUT2D eigenvalue weighted by atomic mass is 19.1. The number of benzene rings is 3. The molecule has 42 heavy (non-hydrogen) atoms. The number of carbonyl (C=O) groups is 2. The van der Waals surface area contributed by atoms with Gasteiger partial charge in [0.2, 0.25) is 0 Å². The number of halogens is 1. The van der Waals surface area contributed by atoms with Gasteiger partial charge in [-0.2, -0.15) is 10.4 Å². The van der Waals surface area contributed by atoms with Gasteiger partial charge in [-0.15, -0.1) is 0 Å². The Kier molecular flexibility index (Phi) is 8.39. The van der Waals surface area contributed by atoms with Crippen molar-refractivity contribution < 1.29 is 18.7 Å². The number of carbonyl (C=O) groups excluding carboxylic acids is 2. The van der Waals surface area contributed by atoms with Crippen LogP contribution in [0.1, 0.15) is 37.8 Å². The third-order valence-electron chi connectivity index (χ3n) is 7.03. The third kappa shape index (κ3) is 5.77. The number of ether oxygens (including phenoxy) is 1. The number of imide groups is 1. The molecule has 0 N–H and O–H groups in total. The molecule has 0 bridgehead atoms. The number of amides is 2. The van der Waals surface area contributed by atoms with Crippen LogP contribution in [0, 0.1) is 17.1 Å². The van der Waals surface area contributed by atoms with Gasteiger partial charge < -0.3 is 4.74 Å². The topological polar surface area (TPSA) is 88.2 Å². The van der Waals surface area contributed by atoms with E-state index in [1.165, 1.54) is 6.07 Å². The van der Waals surface area contributed by atoms with Crippen molar-refractivity contribution in [2.24, 2.45) is 0 Å². The van der Waals surface area contributed by atoms with E-state index in [-0.39, 0.29) is 29.0 Å². The molecular formula is C34H29FN4O3. The first kappa shape index (κ1) is 28.2. The predicted octanol–water partition coefficient (Wildman–Crippen LogP) is 6.65. The van der Waals surface area contributed by atoms with E-state index < -0.39 is 17.6 Å². The number of hydrogen-bond acceptors (Lipinski definition) is 5. The van der Waals surface area contributed by atoms with Crippen molar-refractivity contribution in [3.63, 3.8) is 0 Å². The maximum Gasteiger partial charge on any atom is 0.271 e. The Bertz CT molecular complexity index is 1730. The number of nitrogens with zero attached hydrogens (tertiary/aromatic N) is 4. The summed E-state index contributed by atoms with van der Waals surface area (Å²) in [4.78, 5) is 28.0. The molecule has 1 aromatic heterocycles. The quantitative estimate of drug-likeness (QED) is 0.130. The smallest absolute Gasteiger partial charge is 0.271 e. The van der Waals surface area contributed by atoms with Crippen LogP contribution in [0.2, 0.25) is 0 Å². The van der Waals surface area contributed by atoms with Crippen molar-refractivity contribution in [1.29, 1.82) is 5.26 Å². The fraction of sp³-hybridized carbons (Fsp3) is 0.176. The minimum Gasteiger partial charge on any atom is -0.491 e. The van der Waals surface area contributed by atoms with E-state index in [4.69, 9.17) is 9.84 Å². The lowest BCUT2D eigenvalue weighted by Gasteiger charge is -2.27. The molecule has 4 aromatic rings. The van der Waals surface area contributed by atoms with E-state index in [0.29, 0.717) is 23.4 Å². The average molecular weight is 561 g/mol. The highest BCUT2D eigenvalue weighted by molar-refractivity contribution is 6.19. The average Bonchev–Trinajstić information content (AvgIpc) is 3.43. The molecule has 3 aromatic carbocycles. The van der Waals surface area contributed by atoms with Gasteiger partial charge in [-0.25, -0.2) is 9.07 Å². The van der Waals surface area contributed by atoms with E-state index >= 15 is 4.39 Å². The van der Waals surface area contributed by atoms with Crippen LogP contribution in [0.4, 0.5) is 4.39 Å². The minimum atomic E-state index is -0.637. The number of unbranched alkanes of at least 4 members (excludes halogenated alkanes) is 1. The van der Waals surface area contributed by atoms with Gasteiger partial charge in [0.25, 0.3) is 11.8 Å². The largest absolute Gasteiger partial charge is 0.491 e. The van der Waals surface area contributed by atoms with Crippen molar-refractivity contribution >= 4 is 17.9 Å². The maximum absolute atomic E-state index is 15.1. The summed E-state index contributed by atoms with van der Waals surface area (Å²) >= 11 is 0. The predicted molar refractivity (Wildman–Crippen MR) is 158 cm³/mol. The molecule has 2 heterocycles. The molecule has 0 saturated carbocycles. The van der Waals surface area contributed by atoms with Crippen LogP contribution in [0.3, 0.4) is 0 Å². The lowest BCUT2D eigenvalue weighted by atomic mass is 9.93. The van der Waals surface area contributed by atoms with Crippen LogP contribution in [0.5, 0.6) is 5.75 Å². The van der Waals surface area contributed by atoms with E-state index in [0.717, 1.165) is 29.0 Å². The van der Waals surface area contributed by atoms with Crippen LogP contribution in [0.25, 0.3) is 23.0 Å². The Morgan fingerprint density at radius 1 is 1.00 bits per heavy atom. The molecular weight excluding hydrogens is 531 g/mol. The van der Waals surface area contributed by atoms with Crippen molar-refractivity contribution in [2.45, 2.75) is 33.2 Å². The molecule has 0 atom stereocenters. The van der Waals surface area contributed by atoms with Gasteiger partial charge in [0.15, 0.2) is 11.6 Å². The first-order valence-electron chi connectivity index (χ1n) is 13.7. The monoisotopic (exact) mass is 560 g/mol. The van der Waals surface area contributed by atoms with Crippen LogP contribution < -0.4 is 4.74 Å². The third-order valence-corrected chi connectivity index (χ3v) is 7.03. The zero-order valence-electron chi connectivity index (χ0n) is 23.4. The molecule has 0 fully saturated rings. The van der Waals surface area contributed by atoms with Crippen molar-refractivity contribution in [1.82, 2.24) is 14.7 Å². The van der Waals surface area contributed by atoms with Crippen LogP contribution in [0.15, 0.2) is 102 Å². The number of hydrogen-bond donors (Lipinski definition) is 0. The van der Waals surface area contributed by atoms with E-state index in [1.807, 2.05) is 73.7 Å². The zero-order chi connectivity index (χ0) is 29.6. The van der Waals surface area contributed by atoms with E-state index in [2.05, 4.69) is 0 Å². The molecule has 5 rings (SSSR count). The summed E-state index contributed by atoms with van der Waals surface area (Å²) in [6.07, 6.45) is 5.11. The van der Waals surface area contributed by atoms with Gasteiger partial charge in [0.05, 0.1) is 18.8 Å². The molecule has 7 nitrogen and oxygen atoms in total. The standard InChI is InChI=1S/C34H29FN4O3/c1-3-4-17-42-31-16-15-25(19-30(31)35)32-26(22-39(37-32)27-13-9-6-10-14-27)18-28-23(2)29(20-36)34(41)38(33(28)40)21-24-11-7-5-8-12-24/h5-16,18-19,22H,3-4,17,21H2,1-2H3/b28-18+. The van der Waals surface area contributed by atoms with E-state index in [9.17, 15) is 14.9 Å². The molecule has 8 heteroatoms. The number of nitriles is 1. The zero-order valence-corrected chi connectivity index (χ0v) is 23.4. The summed E-state index contributed by atoms with van der Waals surface area (Å²) < 4.78 is 22.3. The fourth-order valence-electron chi connectivity index (χ4n) is 4.72. The normalized spacial score (nSPS) is 14.4. The second kappa shape index (κ2) is 12.5. The fourth-order valence-corrected chi connectivity index (χ4v) is 4.72. The number of rotatable bonds is 9. The molecule has 0 radical (unpaired) electrons. The summed E-state index contributed by atoms with van der Waals surface area (Å²) in [7, 11) is 0. The van der Waals surface area contributed by atoms with Crippen LogP contribution in [-0.2, 0) is 16.1 Å². The Balaban J connectivity index is 1.61. The molecule has 0 aliphatic carbocycles. The lowest BCUT2D eigenvalue weighted by molar-refractivity contribution is -0.141. The van der Waals surface area contributed by atoms with Crippen molar-refractivity contribution in [3.8, 4) is 28.8 Å². The molecule has 0 saturated heterocycles. The molecule has 210 valence electrons. The van der Waals surface area contributed by atoms with Gasteiger partial charge in [-0.3, -0.25) is 14.5 Å². The number of para-hydroxylation sites is 1. The second-order valence-electron chi connectivity index (χ2n) is 9.91. The molecule has 0 unspecified atom stereocenters. The van der Waals surface area contributed by atoms with Crippen molar-refractivity contribution in [3.05, 3.63) is 119 Å². The minimum absolute atomic E-state index is 0.0230. The summed E-state index contributed by atoms with van der Waals surface area (Å²) in [5, 5.41) is 14.6. The highest BCUT2D eigenvalue weighted by Crippen LogP contribution is 2.33. The van der Waals surface area contributed by atoms with Crippen LogP contribution in [-0.4, -0.2) is 33.1 Å². The van der Waals surface area contributed by atoms with Gasteiger partial charge in [0.1, 0.15) is 17.3 Å². The first-order valence-corrected chi connectivity index (χ1v) is 13.7. The van der Waals surface area contributed by atoms with E-state index in [1.54, 1.807) is 36.0 Å². The second-order valence-corrected chi connectivity index (χ2v) is 9.91. The summed E-state index contributed by atoms with van der Waals surface area (Å²) in [5.74, 6) is -1.52. The van der Waals surface area contributed by atoms with Gasteiger partial charge in [0, 0.05) is 22.9 Å². The molecule has 1 aliphatic heterocycles. The van der Waals surface area contributed by atoms with Gasteiger partial charge in [-0.05, 0) is 60.9 Å². The Morgan fingerprint density at radius 3 is 2.38 bits per heavy atom. The number of aromatic nitrogens is 2.